The summed E-state index contributed by atoms with van der Waals surface area (Å²) >= 11 is 0. The first-order chi connectivity index (χ1) is 12.2. The van der Waals surface area contributed by atoms with Gasteiger partial charge in [-0.15, -0.1) is 0 Å². The van der Waals surface area contributed by atoms with Crippen LogP contribution in [0.5, 0.6) is 0 Å². The molecule has 0 unspecified atom stereocenters. The highest BCUT2D eigenvalue weighted by Gasteiger charge is 2.21. The van der Waals surface area contributed by atoms with Gasteiger partial charge in [-0.25, -0.2) is 0 Å². The van der Waals surface area contributed by atoms with Crippen LogP contribution in [0.15, 0.2) is 30.3 Å². The summed E-state index contributed by atoms with van der Waals surface area (Å²) in [4.78, 5) is 12.0. The van der Waals surface area contributed by atoms with Crippen molar-refractivity contribution in [2.24, 2.45) is 11.7 Å². The third kappa shape index (κ3) is 2.81. The van der Waals surface area contributed by atoms with E-state index in [2.05, 4.69) is 22.8 Å². The van der Waals surface area contributed by atoms with E-state index in [9.17, 15) is 4.79 Å². The molecule has 2 N–H and O–H groups in total. The summed E-state index contributed by atoms with van der Waals surface area (Å²) in [6.07, 6.45) is 5.18. The second kappa shape index (κ2) is 6.52. The Morgan fingerprint density at radius 3 is 2.84 bits per heavy atom. The molecule has 1 aliphatic rings. The van der Waals surface area contributed by atoms with E-state index in [4.69, 9.17) is 10.5 Å². The van der Waals surface area contributed by atoms with Gasteiger partial charge >= 0.3 is 0 Å². The van der Waals surface area contributed by atoms with Crippen LogP contribution >= 0.6 is 0 Å². The average Bonchev–Trinajstić information content (AvgIpc) is 3.22. The summed E-state index contributed by atoms with van der Waals surface area (Å²) < 4.78 is 7.63. The SMILES string of the molecule is COCc1c[c]c2c3c(C(N)=O)cccc3n(CC3CCCC3)c2c1. The van der Waals surface area contributed by atoms with E-state index in [1.165, 1.54) is 25.7 Å². The zero-order chi connectivity index (χ0) is 17.4. The minimum Gasteiger partial charge on any atom is -0.380 e. The predicted molar refractivity (Wildman–Crippen MR) is 99.5 cm³/mol. The third-order valence-corrected chi connectivity index (χ3v) is 5.35. The van der Waals surface area contributed by atoms with Crippen LogP contribution in [0.2, 0.25) is 0 Å². The second-order valence-electron chi connectivity index (χ2n) is 7.03. The second-order valence-corrected chi connectivity index (χ2v) is 7.03. The molecule has 4 rings (SSSR count). The van der Waals surface area contributed by atoms with E-state index in [1.807, 2.05) is 12.1 Å². The Balaban J connectivity index is 1.98. The van der Waals surface area contributed by atoms with Gasteiger partial charge in [0.25, 0.3) is 0 Å². The van der Waals surface area contributed by atoms with Crippen molar-refractivity contribution >= 4 is 27.7 Å². The van der Waals surface area contributed by atoms with Crippen LogP contribution in [0.25, 0.3) is 21.8 Å². The van der Waals surface area contributed by atoms with E-state index >= 15 is 0 Å². The minimum atomic E-state index is -0.389. The summed E-state index contributed by atoms with van der Waals surface area (Å²) in [6.45, 7) is 1.53. The van der Waals surface area contributed by atoms with Gasteiger partial charge in [-0.05, 0) is 54.7 Å². The maximum absolute atomic E-state index is 12.0. The molecular formula is C21H23N2O2. The van der Waals surface area contributed by atoms with Gasteiger partial charge in [-0.2, -0.15) is 0 Å². The van der Waals surface area contributed by atoms with Crippen LogP contribution in [-0.2, 0) is 17.9 Å². The Kier molecular flexibility index (Phi) is 4.22. The molecule has 1 aliphatic carbocycles. The molecule has 0 saturated heterocycles. The maximum Gasteiger partial charge on any atom is 0.249 e. The molecule has 2 aromatic carbocycles. The quantitative estimate of drug-likeness (QED) is 0.765. The fraction of sp³-hybridized carbons (Fsp3) is 0.381. The Morgan fingerprint density at radius 1 is 1.32 bits per heavy atom. The van der Waals surface area contributed by atoms with Crippen molar-refractivity contribution in [2.45, 2.75) is 38.8 Å². The summed E-state index contributed by atoms with van der Waals surface area (Å²) in [5, 5.41) is 1.90. The zero-order valence-electron chi connectivity index (χ0n) is 14.5. The van der Waals surface area contributed by atoms with Crippen LogP contribution in [0.4, 0.5) is 0 Å². The van der Waals surface area contributed by atoms with E-state index < -0.39 is 0 Å². The number of nitrogens with two attached hydrogens (primary N) is 1. The highest BCUT2D eigenvalue weighted by molar-refractivity contribution is 6.17. The highest BCUT2D eigenvalue weighted by atomic mass is 16.5. The molecule has 0 aliphatic heterocycles. The molecule has 129 valence electrons. The van der Waals surface area contributed by atoms with E-state index in [0.29, 0.717) is 18.1 Å². The van der Waals surface area contributed by atoms with Crippen molar-refractivity contribution in [3.63, 3.8) is 0 Å². The topological polar surface area (TPSA) is 57.2 Å². The molecule has 25 heavy (non-hydrogen) atoms. The number of benzene rings is 2. The molecule has 0 bridgehead atoms. The van der Waals surface area contributed by atoms with Gasteiger partial charge in [0.2, 0.25) is 5.91 Å². The molecule has 1 heterocycles. The minimum absolute atomic E-state index is 0.389. The Hall–Kier alpha value is -2.33. The van der Waals surface area contributed by atoms with Crippen molar-refractivity contribution in [1.82, 2.24) is 4.57 Å². The summed E-state index contributed by atoms with van der Waals surface area (Å²) in [7, 11) is 1.70. The summed E-state index contributed by atoms with van der Waals surface area (Å²) in [5.41, 5.74) is 9.49. The van der Waals surface area contributed by atoms with Crippen LogP contribution in [0, 0.1) is 12.0 Å². The lowest BCUT2D eigenvalue weighted by Crippen LogP contribution is -2.11. The smallest absolute Gasteiger partial charge is 0.249 e. The van der Waals surface area contributed by atoms with Gasteiger partial charge in [0.05, 0.1) is 12.1 Å². The fourth-order valence-electron chi connectivity index (χ4n) is 4.20. The molecule has 3 aromatic rings. The number of primary amides is 1. The van der Waals surface area contributed by atoms with Crippen molar-refractivity contribution in [3.05, 3.63) is 47.5 Å². The number of carbonyl (C=O) groups excluding carboxylic acids is 1. The van der Waals surface area contributed by atoms with Gasteiger partial charge in [0.1, 0.15) is 0 Å². The van der Waals surface area contributed by atoms with Crippen LogP contribution in [0.3, 0.4) is 0 Å². The maximum atomic E-state index is 12.0. The van der Waals surface area contributed by atoms with Crippen LogP contribution in [0.1, 0.15) is 41.6 Å². The monoisotopic (exact) mass is 335 g/mol. The molecule has 0 atom stereocenters. The predicted octanol–water partition coefficient (Wildman–Crippen LogP) is 4.03. The lowest BCUT2D eigenvalue weighted by Gasteiger charge is -2.13. The van der Waals surface area contributed by atoms with Crippen molar-refractivity contribution < 1.29 is 9.53 Å². The molecule has 1 fully saturated rings. The number of hydrogen-bond donors (Lipinski definition) is 1. The van der Waals surface area contributed by atoms with Crippen LogP contribution in [-0.4, -0.2) is 17.6 Å². The Labute approximate surface area is 147 Å². The number of carbonyl (C=O) groups is 1. The van der Waals surface area contributed by atoms with Crippen LogP contribution < -0.4 is 5.73 Å². The third-order valence-electron chi connectivity index (χ3n) is 5.35. The normalized spacial score (nSPS) is 15.4. The van der Waals surface area contributed by atoms with Crippen molar-refractivity contribution in [1.29, 1.82) is 0 Å². The molecule has 1 saturated carbocycles. The van der Waals surface area contributed by atoms with Gasteiger partial charge in [-0.3, -0.25) is 4.79 Å². The number of nitrogens with zero attached hydrogens (tertiary/aromatic N) is 1. The number of hydrogen-bond acceptors (Lipinski definition) is 2. The first kappa shape index (κ1) is 16.2. The zero-order valence-corrected chi connectivity index (χ0v) is 14.5. The number of aromatic nitrogens is 1. The summed E-state index contributed by atoms with van der Waals surface area (Å²) in [6, 6.07) is 13.3. The number of methoxy groups -OCH3 is 1. The van der Waals surface area contributed by atoms with E-state index in [0.717, 1.165) is 33.9 Å². The largest absolute Gasteiger partial charge is 0.380 e. The van der Waals surface area contributed by atoms with Gasteiger partial charge in [0, 0.05) is 35.5 Å². The molecular weight excluding hydrogens is 312 g/mol. The lowest BCUT2D eigenvalue weighted by atomic mass is 10.0. The number of rotatable bonds is 5. The Morgan fingerprint density at radius 2 is 2.12 bits per heavy atom. The molecule has 1 aromatic heterocycles. The molecule has 1 amide bonds. The first-order valence-electron chi connectivity index (χ1n) is 8.93. The molecule has 4 nitrogen and oxygen atoms in total. The summed E-state index contributed by atoms with van der Waals surface area (Å²) in [5.74, 6) is 0.307. The van der Waals surface area contributed by atoms with E-state index in [1.54, 1.807) is 13.2 Å². The number of ether oxygens (including phenoxy) is 1. The number of amides is 1. The van der Waals surface area contributed by atoms with Gasteiger partial charge in [0.15, 0.2) is 0 Å². The standard InChI is InChI=1S/C21H23N2O2/c1-25-13-15-9-10-16-19(11-15)23(12-14-5-2-3-6-14)18-8-4-7-17(20(16)18)21(22)24/h4,7-9,11,14H,2-3,5-6,12-13H2,1H3,(H2,22,24). The fourth-order valence-corrected chi connectivity index (χ4v) is 4.20. The van der Waals surface area contributed by atoms with E-state index in [-0.39, 0.29) is 5.91 Å². The Bertz CT molecular complexity index is 936. The van der Waals surface area contributed by atoms with Crippen molar-refractivity contribution in [2.75, 3.05) is 7.11 Å². The molecule has 0 spiro atoms. The highest BCUT2D eigenvalue weighted by Crippen LogP contribution is 2.35. The lowest BCUT2D eigenvalue weighted by molar-refractivity contribution is 0.100. The average molecular weight is 335 g/mol. The molecule has 4 heteroatoms. The number of fused-ring (bicyclic) bond motifs is 3. The molecule has 1 radical (unpaired) electrons. The van der Waals surface area contributed by atoms with Gasteiger partial charge in [-0.1, -0.05) is 18.9 Å². The van der Waals surface area contributed by atoms with Crippen molar-refractivity contribution in [3.8, 4) is 0 Å². The first-order valence-corrected chi connectivity index (χ1v) is 8.93. The van der Waals surface area contributed by atoms with Gasteiger partial charge < -0.3 is 15.0 Å².